The second-order valence-electron chi connectivity index (χ2n) is 4.94. The van der Waals surface area contributed by atoms with Crippen LogP contribution in [0.25, 0.3) is 5.65 Å². The SMILES string of the molecule is CCc1nn(C)cc1NCc1c(C)nc2ccccn12. The summed E-state index contributed by atoms with van der Waals surface area (Å²) >= 11 is 0. The summed E-state index contributed by atoms with van der Waals surface area (Å²) in [6.45, 7) is 4.91. The molecule has 0 atom stereocenters. The number of pyridine rings is 1. The first-order valence-electron chi connectivity index (χ1n) is 6.88. The van der Waals surface area contributed by atoms with Crippen molar-refractivity contribution in [1.82, 2.24) is 19.2 Å². The third-order valence-electron chi connectivity index (χ3n) is 3.52. The van der Waals surface area contributed by atoms with Crippen LogP contribution >= 0.6 is 0 Å². The molecule has 0 saturated carbocycles. The molecule has 104 valence electrons. The molecule has 5 nitrogen and oxygen atoms in total. The van der Waals surface area contributed by atoms with E-state index in [1.54, 1.807) is 0 Å². The van der Waals surface area contributed by atoms with Gasteiger partial charge in [-0.3, -0.25) is 4.68 Å². The Labute approximate surface area is 118 Å². The maximum Gasteiger partial charge on any atom is 0.137 e. The van der Waals surface area contributed by atoms with E-state index in [-0.39, 0.29) is 0 Å². The minimum absolute atomic E-state index is 0.746. The first-order valence-corrected chi connectivity index (χ1v) is 6.88. The van der Waals surface area contributed by atoms with Gasteiger partial charge in [0.1, 0.15) is 5.65 Å². The molecule has 20 heavy (non-hydrogen) atoms. The van der Waals surface area contributed by atoms with E-state index >= 15 is 0 Å². The van der Waals surface area contributed by atoms with Crippen molar-refractivity contribution >= 4 is 11.3 Å². The van der Waals surface area contributed by atoms with Crippen molar-refractivity contribution in [2.75, 3.05) is 5.32 Å². The molecule has 0 aliphatic heterocycles. The number of fused-ring (bicyclic) bond motifs is 1. The molecular formula is C15H19N5. The zero-order valence-electron chi connectivity index (χ0n) is 12.1. The monoisotopic (exact) mass is 269 g/mol. The number of aryl methyl sites for hydroxylation is 3. The summed E-state index contributed by atoms with van der Waals surface area (Å²) in [7, 11) is 1.95. The Bertz CT molecular complexity index is 738. The minimum Gasteiger partial charge on any atom is -0.377 e. The standard InChI is InChI=1S/C15H19N5/c1-4-12-13(10-19(3)18-12)16-9-14-11(2)17-15-7-5-6-8-20(14)15/h5-8,10,16H,4,9H2,1-3H3. The van der Waals surface area contributed by atoms with E-state index in [4.69, 9.17) is 0 Å². The van der Waals surface area contributed by atoms with Crippen LogP contribution in [-0.2, 0) is 20.0 Å². The van der Waals surface area contributed by atoms with Crippen LogP contribution in [0.1, 0.15) is 24.0 Å². The van der Waals surface area contributed by atoms with Gasteiger partial charge in [0, 0.05) is 19.4 Å². The largest absolute Gasteiger partial charge is 0.377 e. The second-order valence-corrected chi connectivity index (χ2v) is 4.94. The number of rotatable bonds is 4. The van der Waals surface area contributed by atoms with Crippen molar-refractivity contribution in [3.8, 4) is 0 Å². The summed E-state index contributed by atoms with van der Waals surface area (Å²) in [5.41, 5.74) is 5.43. The van der Waals surface area contributed by atoms with Crippen molar-refractivity contribution in [3.63, 3.8) is 0 Å². The quantitative estimate of drug-likeness (QED) is 0.792. The molecule has 0 amide bonds. The number of anilines is 1. The molecule has 0 aliphatic rings. The lowest BCUT2D eigenvalue weighted by atomic mass is 10.3. The number of hydrogen-bond donors (Lipinski definition) is 1. The lowest BCUT2D eigenvalue weighted by molar-refractivity contribution is 0.746. The fourth-order valence-electron chi connectivity index (χ4n) is 2.50. The van der Waals surface area contributed by atoms with Gasteiger partial charge in [-0.1, -0.05) is 13.0 Å². The van der Waals surface area contributed by atoms with Crippen LogP contribution in [0.4, 0.5) is 5.69 Å². The second kappa shape index (κ2) is 5.00. The van der Waals surface area contributed by atoms with Gasteiger partial charge in [0.15, 0.2) is 0 Å². The minimum atomic E-state index is 0.746. The molecule has 0 aliphatic carbocycles. The van der Waals surface area contributed by atoms with Gasteiger partial charge in [0.25, 0.3) is 0 Å². The Morgan fingerprint density at radius 3 is 2.95 bits per heavy atom. The van der Waals surface area contributed by atoms with Gasteiger partial charge in [-0.2, -0.15) is 5.10 Å². The van der Waals surface area contributed by atoms with Crippen molar-refractivity contribution in [1.29, 1.82) is 0 Å². The van der Waals surface area contributed by atoms with Crippen LogP contribution in [0.3, 0.4) is 0 Å². The Morgan fingerprint density at radius 2 is 2.15 bits per heavy atom. The van der Waals surface area contributed by atoms with Crippen LogP contribution < -0.4 is 5.32 Å². The van der Waals surface area contributed by atoms with Gasteiger partial charge < -0.3 is 9.72 Å². The molecule has 0 bridgehead atoms. The van der Waals surface area contributed by atoms with Crippen LogP contribution in [0, 0.1) is 6.92 Å². The molecule has 3 aromatic rings. The van der Waals surface area contributed by atoms with Gasteiger partial charge in [0.2, 0.25) is 0 Å². The van der Waals surface area contributed by atoms with Gasteiger partial charge in [0.05, 0.1) is 29.3 Å². The van der Waals surface area contributed by atoms with Crippen molar-refractivity contribution in [2.45, 2.75) is 26.8 Å². The van der Waals surface area contributed by atoms with Crippen LogP contribution in [0.15, 0.2) is 30.6 Å². The first-order chi connectivity index (χ1) is 9.69. The maximum absolute atomic E-state index is 4.58. The zero-order valence-corrected chi connectivity index (χ0v) is 12.1. The predicted molar refractivity (Wildman–Crippen MR) is 79.8 cm³/mol. The lowest BCUT2D eigenvalue weighted by Crippen LogP contribution is -2.05. The number of nitrogens with one attached hydrogen (secondary N) is 1. The summed E-state index contributed by atoms with van der Waals surface area (Å²) in [6.07, 6.45) is 5.00. The third kappa shape index (κ3) is 2.15. The number of hydrogen-bond acceptors (Lipinski definition) is 3. The van der Waals surface area contributed by atoms with Crippen LogP contribution in [0.5, 0.6) is 0 Å². The smallest absolute Gasteiger partial charge is 0.137 e. The Kier molecular flexibility index (Phi) is 3.18. The van der Waals surface area contributed by atoms with E-state index in [1.165, 1.54) is 5.69 Å². The molecule has 3 heterocycles. The molecule has 1 N–H and O–H groups in total. The lowest BCUT2D eigenvalue weighted by Gasteiger charge is -2.06. The summed E-state index contributed by atoms with van der Waals surface area (Å²) in [4.78, 5) is 4.58. The number of nitrogens with zero attached hydrogens (tertiary/aromatic N) is 4. The van der Waals surface area contributed by atoms with Crippen molar-refractivity contribution in [2.24, 2.45) is 7.05 Å². The van der Waals surface area contributed by atoms with E-state index in [0.29, 0.717) is 0 Å². The van der Waals surface area contributed by atoms with E-state index in [9.17, 15) is 0 Å². The summed E-state index contributed by atoms with van der Waals surface area (Å²) in [6, 6.07) is 6.06. The highest BCUT2D eigenvalue weighted by Crippen LogP contribution is 2.17. The summed E-state index contributed by atoms with van der Waals surface area (Å²) in [5.74, 6) is 0. The third-order valence-corrected chi connectivity index (χ3v) is 3.52. The molecule has 0 saturated heterocycles. The highest BCUT2D eigenvalue weighted by atomic mass is 15.3. The van der Waals surface area contributed by atoms with E-state index in [1.807, 2.05) is 43.0 Å². The predicted octanol–water partition coefficient (Wildman–Crippen LogP) is 2.55. The topological polar surface area (TPSA) is 47.2 Å². The van der Waals surface area contributed by atoms with Crippen molar-refractivity contribution < 1.29 is 0 Å². The van der Waals surface area contributed by atoms with Gasteiger partial charge in [-0.05, 0) is 25.5 Å². The molecule has 0 radical (unpaired) electrons. The van der Waals surface area contributed by atoms with Crippen LogP contribution in [0.2, 0.25) is 0 Å². The Balaban J connectivity index is 1.88. The number of imidazole rings is 1. The highest BCUT2D eigenvalue weighted by Gasteiger charge is 2.10. The van der Waals surface area contributed by atoms with E-state index in [2.05, 4.69) is 32.9 Å². The number of aromatic nitrogens is 4. The molecule has 0 unspecified atom stereocenters. The fourth-order valence-corrected chi connectivity index (χ4v) is 2.50. The Hall–Kier alpha value is -2.30. The molecule has 0 fully saturated rings. The van der Waals surface area contributed by atoms with E-state index in [0.717, 1.165) is 35.7 Å². The normalized spacial score (nSPS) is 11.2. The van der Waals surface area contributed by atoms with Gasteiger partial charge in [-0.25, -0.2) is 4.98 Å². The molecule has 3 aromatic heterocycles. The van der Waals surface area contributed by atoms with Crippen LogP contribution in [-0.4, -0.2) is 19.2 Å². The molecule has 0 spiro atoms. The molecule has 0 aromatic carbocycles. The highest BCUT2D eigenvalue weighted by molar-refractivity contribution is 5.48. The van der Waals surface area contributed by atoms with Gasteiger partial charge in [-0.15, -0.1) is 0 Å². The van der Waals surface area contributed by atoms with E-state index < -0.39 is 0 Å². The molecular weight excluding hydrogens is 250 g/mol. The zero-order chi connectivity index (χ0) is 14.1. The molecule has 3 rings (SSSR count). The summed E-state index contributed by atoms with van der Waals surface area (Å²) in [5, 5.41) is 7.92. The Morgan fingerprint density at radius 1 is 1.30 bits per heavy atom. The fraction of sp³-hybridized carbons (Fsp3) is 0.333. The average molecular weight is 269 g/mol. The molecule has 5 heteroatoms. The van der Waals surface area contributed by atoms with Gasteiger partial charge >= 0.3 is 0 Å². The maximum atomic E-state index is 4.58. The van der Waals surface area contributed by atoms with Crippen molar-refractivity contribution in [3.05, 3.63) is 47.7 Å². The first kappa shape index (κ1) is 12.7. The summed E-state index contributed by atoms with van der Waals surface area (Å²) < 4.78 is 3.98. The average Bonchev–Trinajstić information content (AvgIpc) is 2.95.